The maximum absolute atomic E-state index is 14.0. The van der Waals surface area contributed by atoms with E-state index in [1.54, 1.807) is 36.4 Å². The van der Waals surface area contributed by atoms with E-state index in [1.165, 1.54) is 36.4 Å². The minimum atomic E-state index is -5.09. The van der Waals surface area contributed by atoms with Crippen LogP contribution in [-0.2, 0) is 93.0 Å². The van der Waals surface area contributed by atoms with Crippen LogP contribution in [0.2, 0.25) is 0 Å². The van der Waals surface area contributed by atoms with Crippen LogP contribution in [0.1, 0.15) is 210 Å². The number of nitrogens with zero attached hydrogens (tertiary/aromatic N) is 4. The number of anilines is 1. The Kier molecular flexibility index (Phi) is 42.3. The van der Waals surface area contributed by atoms with Gasteiger partial charge in [0.1, 0.15) is 23.3 Å². The first kappa shape index (κ1) is 114. The number of benzene rings is 10. The van der Waals surface area contributed by atoms with Crippen molar-refractivity contribution in [1.29, 1.82) is 0 Å². The zero-order valence-corrected chi connectivity index (χ0v) is 83.7. The Morgan fingerprint density at radius 3 is 0.810 bits per heavy atom. The van der Waals surface area contributed by atoms with E-state index < -0.39 is 209 Å². The highest BCUT2D eigenvalue weighted by atomic mass is 32.3. The molecule has 0 aliphatic heterocycles. The van der Waals surface area contributed by atoms with Crippen molar-refractivity contribution in [2.24, 2.45) is 0 Å². The average molecular weight is 2070 g/mol. The molecule has 0 saturated carbocycles. The Balaban J connectivity index is 0.000000249. The summed E-state index contributed by atoms with van der Waals surface area (Å²) in [7, 11) is -38.0. The lowest BCUT2D eigenvalue weighted by Gasteiger charge is -2.24. The molecule has 10 aromatic carbocycles. The molecule has 0 bridgehead atoms. The molecule has 0 aliphatic carbocycles. The third kappa shape index (κ3) is 29.9. The monoisotopic (exact) mass is 2060 g/mol. The van der Waals surface area contributed by atoms with E-state index in [0.29, 0.717) is 69.9 Å². The predicted molar refractivity (Wildman–Crippen MR) is 511 cm³/mol. The number of aromatic hydroxyl groups is 7. The van der Waals surface area contributed by atoms with Crippen molar-refractivity contribution in [3.63, 3.8) is 0 Å². The molecule has 10 aromatic rings. The number of unbranched alkanes of at least 4 members (excludes halogenated alkanes) is 18. The summed E-state index contributed by atoms with van der Waals surface area (Å²) in [4.78, 5) is -4.65. The van der Waals surface area contributed by atoms with E-state index in [9.17, 15) is 129 Å². The zero-order chi connectivity index (χ0) is 102. The first-order valence-corrected chi connectivity index (χ1v) is 56.1. The van der Waals surface area contributed by atoms with Gasteiger partial charge in [0.05, 0.1) is 44.9 Å². The molecule has 27 nitrogen and oxygen atoms in total. The third-order valence-corrected chi connectivity index (χ3v) is 39.1. The molecule has 0 atom stereocenters. The van der Waals surface area contributed by atoms with Crippen LogP contribution in [0.3, 0.4) is 0 Å². The number of sulfonamides is 8. The second kappa shape index (κ2) is 51.0. The quantitative estimate of drug-likeness (QED) is 0.0106. The summed E-state index contributed by atoms with van der Waals surface area (Å²) in [6.45, 7) is 13.2. The molecule has 0 radical (unpaired) electrons. The van der Waals surface area contributed by atoms with Gasteiger partial charge < -0.3 is 35.7 Å². The van der Waals surface area contributed by atoms with Crippen LogP contribution in [-0.4, -0.2) is 134 Å². The molecule has 0 aliphatic rings. The first-order valence-electron chi connectivity index (χ1n) is 44.6. The highest BCUT2D eigenvalue weighted by Crippen LogP contribution is 2.40. The molecule has 0 saturated heterocycles. The van der Waals surface area contributed by atoms with Gasteiger partial charge in [-0.05, 0) is 191 Å². The van der Waals surface area contributed by atoms with Crippen molar-refractivity contribution in [3.05, 3.63) is 251 Å². The van der Waals surface area contributed by atoms with Crippen LogP contribution < -0.4 is 3.71 Å². The molecular formula is C96H118F6N4O23S8. The number of phenolic OH excluding ortho intramolecular Hbond substituents is 7. The Hall–Kier alpha value is -10.3. The molecule has 7 N–H and O–H groups in total. The standard InChI is InChI=1S/2C27H33NO6S2.C21H25F4NO5S2.C21H27F2NO6S2/c1-3-4-5-6-7-8-19-28(36(33,34)25-17-18-26(29)27(30)20-25)35(31,32)24-15-13-23(14-16-24)22-11-9-21(2)10-12-22;1-3-5-6-7-9-22-10-14-23(15-11-22)28(36(33,34)25-18-19-26(29)27(30)20-25)35(31,32)24-16-12-21(8-4-2)13-17-24;1-3-4-5-6-7-8-9-26(32(28,29)15-10-17(22)14(2)18(23)11-15)33(30,31)16-12-19(24)21(27)20(25)13-16;1-3-4-5-6-7-8-11-24(31(27,28)16-9-10-20(25)21(26)14-16)32(29,30)17-12-18(22)15(2)19(23)13-17/h9-18,20,29-30H,3-8,19H2,1-2H3;10-20,29-30H,3-9H2,1-2H3;10-13,27H,3-9H2,1-2H3;9-10,12-14,25-26H,3-8,11H2,1-2H3. The van der Waals surface area contributed by atoms with Crippen LogP contribution in [0, 0.1) is 55.7 Å². The summed E-state index contributed by atoms with van der Waals surface area (Å²) in [6.07, 6.45) is 20.3. The molecule has 0 unspecified atom stereocenters. The average Bonchev–Trinajstić information content (AvgIpc) is 0.755. The number of hydrogen-bond acceptors (Lipinski definition) is 23. The van der Waals surface area contributed by atoms with E-state index >= 15 is 0 Å². The summed E-state index contributed by atoms with van der Waals surface area (Å²) in [5, 5.41) is 67.3. The number of halogens is 6. The van der Waals surface area contributed by atoms with Crippen LogP contribution in [0.5, 0.6) is 40.2 Å². The summed E-state index contributed by atoms with van der Waals surface area (Å²) in [5.41, 5.74) is 3.87. The van der Waals surface area contributed by atoms with Crippen molar-refractivity contribution in [2.75, 3.05) is 23.3 Å². The number of phenols is 7. The lowest BCUT2D eigenvalue weighted by atomic mass is 10.0. The lowest BCUT2D eigenvalue weighted by molar-refractivity contribution is 0.393. The number of aryl methyl sites for hydroxylation is 3. The van der Waals surface area contributed by atoms with Crippen molar-refractivity contribution in [1.82, 2.24) is 11.1 Å². The van der Waals surface area contributed by atoms with Gasteiger partial charge in [-0.1, -0.05) is 234 Å². The van der Waals surface area contributed by atoms with Crippen LogP contribution in [0.15, 0.2) is 227 Å². The number of hydrogen-bond donors (Lipinski definition) is 7. The maximum atomic E-state index is 14.0. The summed E-state index contributed by atoms with van der Waals surface area (Å²) >= 11 is 0. The molecule has 137 heavy (non-hydrogen) atoms. The van der Waals surface area contributed by atoms with Crippen molar-refractivity contribution in [3.8, 4) is 51.4 Å². The van der Waals surface area contributed by atoms with E-state index in [4.69, 9.17) is 0 Å². The second-order valence-electron chi connectivity index (χ2n) is 32.5. The molecule has 0 fully saturated rings. The topological polar surface area (TPSA) is 428 Å². The van der Waals surface area contributed by atoms with Crippen molar-refractivity contribution >= 4 is 85.9 Å². The summed E-state index contributed by atoms with van der Waals surface area (Å²) in [6, 6.07) is 37.6. The molecule has 10 rings (SSSR count). The largest absolute Gasteiger partial charge is 0.504 e. The minimum absolute atomic E-state index is 0.0192. The van der Waals surface area contributed by atoms with Crippen LogP contribution in [0.4, 0.5) is 32.0 Å². The van der Waals surface area contributed by atoms with Crippen LogP contribution in [0.25, 0.3) is 11.1 Å². The van der Waals surface area contributed by atoms with E-state index in [1.807, 2.05) is 52.0 Å². The molecule has 750 valence electrons. The van der Waals surface area contributed by atoms with Gasteiger partial charge in [-0.25, -0.2) is 93.7 Å². The first-order chi connectivity index (χ1) is 64.4. The SMILES string of the molecule is CCCCCCCCN(S(=O)(=O)c1cc(F)c(C)c(F)c1)S(=O)(=O)c1cc(F)c(O)c(F)c1.CCCCCCCCN(S(=O)(=O)c1ccc(-c2ccc(C)cc2)cc1)S(=O)(=O)c1ccc(O)c(O)c1.CCCCCCCCN(S(=O)(=O)c1ccc(O)c(O)c1)S(=O)(=O)c1cc(F)c(C)c(F)c1.CCCCCCc1ccc(N(S(=O)(=O)c2ccc(CCC)cc2)S(=O)(=O)c2ccc(O)c(O)c2)cc1. The van der Waals surface area contributed by atoms with Gasteiger partial charge in [0.15, 0.2) is 51.9 Å². The van der Waals surface area contributed by atoms with Gasteiger partial charge in [0.2, 0.25) is 0 Å². The van der Waals surface area contributed by atoms with Gasteiger partial charge in [-0.3, -0.25) is 0 Å². The Morgan fingerprint density at radius 2 is 0.482 bits per heavy atom. The van der Waals surface area contributed by atoms with E-state index in [2.05, 4.69) is 13.8 Å². The molecular weight excluding hydrogens is 1950 g/mol. The fourth-order valence-electron chi connectivity index (χ4n) is 13.9. The Labute approximate surface area is 801 Å². The Morgan fingerprint density at radius 1 is 0.234 bits per heavy atom. The van der Waals surface area contributed by atoms with Crippen molar-refractivity contribution in [2.45, 2.75) is 255 Å². The van der Waals surface area contributed by atoms with Gasteiger partial charge in [0.25, 0.3) is 80.2 Å². The smallest absolute Gasteiger partial charge is 0.277 e. The lowest BCUT2D eigenvalue weighted by Crippen LogP contribution is -2.38. The third-order valence-electron chi connectivity index (χ3n) is 22.0. The predicted octanol–water partition coefficient (Wildman–Crippen LogP) is 21.0. The van der Waals surface area contributed by atoms with Gasteiger partial charge in [-0.15, -0.1) is 0 Å². The fourth-order valence-corrected chi connectivity index (χ4v) is 28.9. The molecule has 0 spiro atoms. The normalized spacial score (nSPS) is 12.2. The van der Waals surface area contributed by atoms with Crippen molar-refractivity contribution < 1.29 is 129 Å². The van der Waals surface area contributed by atoms with Gasteiger partial charge in [-0.2, -0.15) is 3.71 Å². The van der Waals surface area contributed by atoms with Gasteiger partial charge in [0, 0.05) is 49.0 Å². The van der Waals surface area contributed by atoms with Crippen LogP contribution >= 0.6 is 0 Å². The summed E-state index contributed by atoms with van der Waals surface area (Å²) in [5.74, 6) is -13.0. The highest BCUT2D eigenvalue weighted by Gasteiger charge is 2.43. The maximum Gasteiger partial charge on any atom is 0.277 e. The van der Waals surface area contributed by atoms with E-state index in [-0.39, 0.29) is 54.4 Å². The fraction of sp³-hybridized carbons (Fsp3) is 0.375. The second-order valence-corrected chi connectivity index (χ2v) is 48.2. The Bertz CT molecular complexity index is 6580. The molecule has 0 amide bonds. The van der Waals surface area contributed by atoms with E-state index in [0.717, 1.165) is 206 Å². The number of rotatable bonds is 46. The minimum Gasteiger partial charge on any atom is -0.504 e. The van der Waals surface area contributed by atoms with Gasteiger partial charge >= 0.3 is 0 Å². The molecule has 41 heteroatoms. The highest BCUT2D eigenvalue weighted by molar-refractivity contribution is 8.10. The molecule has 0 heterocycles. The zero-order valence-electron chi connectivity index (χ0n) is 77.2. The molecule has 0 aromatic heterocycles. The summed E-state index contributed by atoms with van der Waals surface area (Å²) < 4.78 is 299.